The van der Waals surface area contributed by atoms with Gasteiger partial charge in [0.1, 0.15) is 5.69 Å². The minimum Gasteiger partial charge on any atom is -0.388 e. The van der Waals surface area contributed by atoms with Crippen molar-refractivity contribution in [2.75, 3.05) is 26.8 Å². The minimum atomic E-state index is -0.959. The van der Waals surface area contributed by atoms with Crippen LogP contribution in [-0.4, -0.2) is 57.8 Å². The fourth-order valence-corrected chi connectivity index (χ4v) is 2.48. The summed E-state index contributed by atoms with van der Waals surface area (Å²) >= 11 is 0. The van der Waals surface area contributed by atoms with Crippen LogP contribution < -0.4 is 0 Å². The van der Waals surface area contributed by atoms with Gasteiger partial charge in [-0.3, -0.25) is 14.9 Å². The SMILES string of the molecule is CN(CC1(O)CCOCC1)C(=O)c1cc([N+](=O)[O-])cn1C. The second-order valence-corrected chi connectivity index (χ2v) is 5.45. The fourth-order valence-electron chi connectivity index (χ4n) is 2.48. The zero-order valence-electron chi connectivity index (χ0n) is 12.1. The molecule has 0 saturated carbocycles. The lowest BCUT2D eigenvalue weighted by molar-refractivity contribution is -0.384. The van der Waals surface area contributed by atoms with Gasteiger partial charge in [-0.15, -0.1) is 0 Å². The Balaban J connectivity index is 2.10. The van der Waals surface area contributed by atoms with Crippen LogP contribution in [0.3, 0.4) is 0 Å². The lowest BCUT2D eigenvalue weighted by Crippen LogP contribution is -2.47. The zero-order chi connectivity index (χ0) is 15.6. The molecular weight excluding hydrogens is 278 g/mol. The van der Waals surface area contributed by atoms with E-state index in [0.717, 1.165) is 0 Å². The molecule has 0 radical (unpaired) electrons. The molecule has 1 amide bonds. The van der Waals surface area contributed by atoms with Gasteiger partial charge in [0, 0.05) is 52.8 Å². The molecule has 2 heterocycles. The molecule has 0 atom stereocenters. The summed E-state index contributed by atoms with van der Waals surface area (Å²) in [7, 11) is 3.16. The topological polar surface area (TPSA) is 97.8 Å². The average Bonchev–Trinajstić information content (AvgIpc) is 2.80. The monoisotopic (exact) mass is 297 g/mol. The summed E-state index contributed by atoms with van der Waals surface area (Å²) in [6.07, 6.45) is 2.24. The number of nitrogens with zero attached hydrogens (tertiary/aromatic N) is 3. The lowest BCUT2D eigenvalue weighted by atomic mass is 9.94. The Labute approximate surface area is 122 Å². The van der Waals surface area contributed by atoms with E-state index in [1.165, 1.54) is 21.7 Å². The first-order valence-corrected chi connectivity index (χ1v) is 6.69. The number of nitro groups is 1. The lowest BCUT2D eigenvalue weighted by Gasteiger charge is -2.35. The third kappa shape index (κ3) is 3.40. The summed E-state index contributed by atoms with van der Waals surface area (Å²) in [5.41, 5.74) is -0.862. The Morgan fingerprint density at radius 3 is 2.71 bits per heavy atom. The third-order valence-electron chi connectivity index (χ3n) is 3.72. The van der Waals surface area contributed by atoms with Gasteiger partial charge in [0.2, 0.25) is 0 Å². The first kappa shape index (κ1) is 15.5. The maximum atomic E-state index is 12.4. The van der Waals surface area contributed by atoms with Crippen molar-refractivity contribution in [3.8, 4) is 0 Å². The quantitative estimate of drug-likeness (QED) is 0.646. The predicted molar refractivity (Wildman–Crippen MR) is 74.0 cm³/mol. The summed E-state index contributed by atoms with van der Waals surface area (Å²) in [6, 6.07) is 1.24. The molecule has 8 nitrogen and oxygen atoms in total. The van der Waals surface area contributed by atoms with E-state index in [9.17, 15) is 20.0 Å². The number of ether oxygens (including phenoxy) is 1. The van der Waals surface area contributed by atoms with Crippen molar-refractivity contribution in [2.45, 2.75) is 18.4 Å². The maximum absolute atomic E-state index is 12.4. The van der Waals surface area contributed by atoms with Crippen LogP contribution in [-0.2, 0) is 11.8 Å². The van der Waals surface area contributed by atoms with Crippen molar-refractivity contribution in [1.29, 1.82) is 0 Å². The molecule has 1 aromatic heterocycles. The normalized spacial score (nSPS) is 17.5. The maximum Gasteiger partial charge on any atom is 0.287 e. The highest BCUT2D eigenvalue weighted by atomic mass is 16.6. The number of hydrogen-bond donors (Lipinski definition) is 1. The third-order valence-corrected chi connectivity index (χ3v) is 3.72. The Bertz CT molecular complexity index is 548. The molecule has 0 bridgehead atoms. The second-order valence-electron chi connectivity index (χ2n) is 5.45. The fraction of sp³-hybridized carbons (Fsp3) is 0.615. The molecule has 1 N–H and O–H groups in total. The van der Waals surface area contributed by atoms with E-state index in [4.69, 9.17) is 4.74 Å². The smallest absolute Gasteiger partial charge is 0.287 e. The van der Waals surface area contributed by atoms with E-state index >= 15 is 0 Å². The van der Waals surface area contributed by atoms with Crippen LogP contribution in [0.1, 0.15) is 23.3 Å². The van der Waals surface area contributed by atoms with Gasteiger partial charge in [0.15, 0.2) is 0 Å². The molecule has 8 heteroatoms. The van der Waals surface area contributed by atoms with Crippen molar-refractivity contribution >= 4 is 11.6 Å². The number of rotatable bonds is 4. The molecule has 1 saturated heterocycles. The van der Waals surface area contributed by atoms with Crippen LogP contribution in [0.4, 0.5) is 5.69 Å². The number of aromatic nitrogens is 1. The molecule has 0 spiro atoms. The standard InChI is InChI=1S/C13H19N3O5/c1-14-8-10(16(19)20)7-11(14)12(17)15(2)9-13(18)3-5-21-6-4-13/h7-8,18H,3-6,9H2,1-2H3. The highest BCUT2D eigenvalue weighted by Gasteiger charge is 2.33. The van der Waals surface area contributed by atoms with E-state index < -0.39 is 10.5 Å². The first-order valence-electron chi connectivity index (χ1n) is 6.69. The summed E-state index contributed by atoms with van der Waals surface area (Å²) < 4.78 is 6.62. The second kappa shape index (κ2) is 5.82. The van der Waals surface area contributed by atoms with Crippen molar-refractivity contribution in [1.82, 2.24) is 9.47 Å². The summed E-state index contributed by atoms with van der Waals surface area (Å²) in [5.74, 6) is -0.356. The zero-order valence-corrected chi connectivity index (χ0v) is 12.1. The Morgan fingerprint density at radius 1 is 1.57 bits per heavy atom. The molecule has 2 rings (SSSR count). The summed E-state index contributed by atoms with van der Waals surface area (Å²) in [6.45, 7) is 1.11. The highest BCUT2D eigenvalue weighted by Crippen LogP contribution is 2.23. The van der Waals surface area contributed by atoms with Crippen LogP contribution in [0, 0.1) is 10.1 Å². The molecule has 116 valence electrons. The highest BCUT2D eigenvalue weighted by molar-refractivity contribution is 5.93. The van der Waals surface area contributed by atoms with Crippen LogP contribution in [0.5, 0.6) is 0 Å². The Morgan fingerprint density at radius 2 is 2.19 bits per heavy atom. The van der Waals surface area contributed by atoms with Gasteiger partial charge in [0.05, 0.1) is 16.7 Å². The van der Waals surface area contributed by atoms with Crippen LogP contribution in [0.25, 0.3) is 0 Å². The van der Waals surface area contributed by atoms with Crippen molar-refractivity contribution < 1.29 is 19.6 Å². The number of hydrogen-bond acceptors (Lipinski definition) is 5. The molecule has 1 aromatic rings. The summed E-state index contributed by atoms with van der Waals surface area (Å²) in [5, 5.41) is 21.2. The molecule has 1 aliphatic heterocycles. The van der Waals surface area contributed by atoms with Crippen LogP contribution in [0.2, 0.25) is 0 Å². The van der Waals surface area contributed by atoms with E-state index in [0.29, 0.717) is 26.1 Å². The van der Waals surface area contributed by atoms with E-state index in [-0.39, 0.29) is 23.8 Å². The van der Waals surface area contributed by atoms with Gasteiger partial charge in [-0.25, -0.2) is 0 Å². The molecule has 21 heavy (non-hydrogen) atoms. The Kier molecular flexibility index (Phi) is 4.29. The predicted octanol–water partition coefficient (Wildman–Crippen LogP) is 0.547. The molecular formula is C13H19N3O5. The first-order chi connectivity index (χ1) is 9.82. The van der Waals surface area contributed by atoms with Gasteiger partial charge in [-0.1, -0.05) is 0 Å². The van der Waals surface area contributed by atoms with Gasteiger partial charge < -0.3 is 19.3 Å². The largest absolute Gasteiger partial charge is 0.388 e. The molecule has 0 aromatic carbocycles. The van der Waals surface area contributed by atoms with Gasteiger partial charge in [-0.05, 0) is 0 Å². The van der Waals surface area contributed by atoms with E-state index in [1.54, 1.807) is 14.1 Å². The number of carbonyl (C=O) groups is 1. The van der Waals surface area contributed by atoms with Crippen molar-refractivity contribution in [3.63, 3.8) is 0 Å². The van der Waals surface area contributed by atoms with E-state index in [1.807, 2.05) is 0 Å². The molecule has 0 unspecified atom stereocenters. The van der Waals surface area contributed by atoms with Crippen molar-refractivity contribution in [3.05, 3.63) is 28.1 Å². The molecule has 1 fully saturated rings. The minimum absolute atomic E-state index is 0.126. The van der Waals surface area contributed by atoms with E-state index in [2.05, 4.69) is 0 Å². The number of carbonyl (C=O) groups excluding carboxylic acids is 1. The van der Waals surface area contributed by atoms with Crippen LogP contribution in [0.15, 0.2) is 12.3 Å². The average molecular weight is 297 g/mol. The number of likely N-dealkylation sites (N-methyl/N-ethyl adjacent to an activating group) is 1. The van der Waals surface area contributed by atoms with Gasteiger partial charge >= 0.3 is 0 Å². The number of aryl methyl sites for hydroxylation is 1. The molecule has 0 aliphatic carbocycles. The Hall–Kier alpha value is -1.93. The number of aliphatic hydroxyl groups is 1. The summed E-state index contributed by atoms with van der Waals surface area (Å²) in [4.78, 5) is 24.0. The molecule has 1 aliphatic rings. The van der Waals surface area contributed by atoms with Gasteiger partial charge in [-0.2, -0.15) is 0 Å². The number of amides is 1. The van der Waals surface area contributed by atoms with Crippen LogP contribution >= 0.6 is 0 Å². The van der Waals surface area contributed by atoms with Gasteiger partial charge in [0.25, 0.3) is 11.6 Å². The van der Waals surface area contributed by atoms with Crippen molar-refractivity contribution in [2.24, 2.45) is 7.05 Å².